The molecule has 0 unspecified atom stereocenters. The van der Waals surface area contributed by atoms with Gasteiger partial charge in [0.05, 0.1) is 11.2 Å². The van der Waals surface area contributed by atoms with Gasteiger partial charge in [0.15, 0.2) is 5.65 Å². The van der Waals surface area contributed by atoms with Crippen LogP contribution < -0.4 is 11.2 Å². The number of nitro groups is 1. The Balaban J connectivity index is 2.71. The first-order valence-corrected chi connectivity index (χ1v) is 6.63. The standard InChI is InChI=1S/C14H12N4O5/c1-7-11(18(21)22)9(8-5-4-6-23-8)10-12(15-7)16(2)14(20)17(3)13(10)19/h4-6H,1-3H3. The lowest BCUT2D eigenvalue weighted by molar-refractivity contribution is -0.385. The summed E-state index contributed by atoms with van der Waals surface area (Å²) >= 11 is 0. The van der Waals surface area contributed by atoms with Crippen molar-refractivity contribution in [2.45, 2.75) is 6.92 Å². The van der Waals surface area contributed by atoms with Crippen LogP contribution in [0.1, 0.15) is 5.69 Å². The number of pyridine rings is 1. The van der Waals surface area contributed by atoms with Crippen LogP contribution in [0.4, 0.5) is 5.69 Å². The highest BCUT2D eigenvalue weighted by atomic mass is 16.6. The summed E-state index contributed by atoms with van der Waals surface area (Å²) in [6.07, 6.45) is 1.35. The zero-order valence-corrected chi connectivity index (χ0v) is 12.6. The molecule has 0 atom stereocenters. The van der Waals surface area contributed by atoms with E-state index in [2.05, 4.69) is 4.98 Å². The van der Waals surface area contributed by atoms with Crippen LogP contribution in [0.5, 0.6) is 0 Å². The van der Waals surface area contributed by atoms with E-state index in [4.69, 9.17) is 4.42 Å². The smallest absolute Gasteiger partial charge is 0.332 e. The van der Waals surface area contributed by atoms with Crippen molar-refractivity contribution >= 4 is 16.7 Å². The molecule has 3 rings (SSSR count). The van der Waals surface area contributed by atoms with Crippen LogP contribution in [0.3, 0.4) is 0 Å². The summed E-state index contributed by atoms with van der Waals surface area (Å²) in [5, 5.41) is 11.5. The molecular weight excluding hydrogens is 304 g/mol. The molecule has 0 amide bonds. The van der Waals surface area contributed by atoms with E-state index in [1.54, 1.807) is 6.07 Å². The van der Waals surface area contributed by atoms with E-state index in [0.717, 1.165) is 4.57 Å². The molecule has 9 heteroatoms. The zero-order chi connectivity index (χ0) is 16.9. The summed E-state index contributed by atoms with van der Waals surface area (Å²) < 4.78 is 7.34. The van der Waals surface area contributed by atoms with Gasteiger partial charge in [-0.3, -0.25) is 24.0 Å². The minimum atomic E-state index is -0.662. The number of hydrogen-bond donors (Lipinski definition) is 0. The fraction of sp³-hybridized carbons (Fsp3) is 0.214. The molecule has 23 heavy (non-hydrogen) atoms. The minimum Gasteiger partial charge on any atom is -0.464 e. The SMILES string of the molecule is Cc1nc2c(c(-c3ccco3)c1[N+](=O)[O-])c(=O)n(C)c(=O)n2C. The second-order valence-corrected chi connectivity index (χ2v) is 5.06. The van der Waals surface area contributed by atoms with Gasteiger partial charge in [-0.05, 0) is 19.1 Å². The predicted molar refractivity (Wildman–Crippen MR) is 81.3 cm³/mol. The van der Waals surface area contributed by atoms with Gasteiger partial charge in [0.1, 0.15) is 22.4 Å². The van der Waals surface area contributed by atoms with Gasteiger partial charge in [-0.2, -0.15) is 0 Å². The molecule has 0 aliphatic rings. The third-order valence-electron chi connectivity index (χ3n) is 3.69. The van der Waals surface area contributed by atoms with Crippen molar-refractivity contribution in [1.82, 2.24) is 14.1 Å². The number of furan rings is 1. The molecule has 0 saturated heterocycles. The number of nitrogens with zero attached hydrogens (tertiary/aromatic N) is 4. The third kappa shape index (κ3) is 1.97. The lowest BCUT2D eigenvalue weighted by Crippen LogP contribution is -2.37. The third-order valence-corrected chi connectivity index (χ3v) is 3.69. The van der Waals surface area contributed by atoms with Crippen LogP contribution >= 0.6 is 0 Å². The van der Waals surface area contributed by atoms with Gasteiger partial charge in [0.2, 0.25) is 0 Å². The van der Waals surface area contributed by atoms with Crippen LogP contribution in [-0.2, 0) is 14.1 Å². The predicted octanol–water partition coefficient (Wildman–Crippen LogP) is 1.11. The molecule has 0 spiro atoms. The largest absolute Gasteiger partial charge is 0.464 e. The van der Waals surface area contributed by atoms with Crippen LogP contribution in [0.25, 0.3) is 22.4 Å². The summed E-state index contributed by atoms with van der Waals surface area (Å²) in [7, 11) is 2.76. The van der Waals surface area contributed by atoms with Crippen molar-refractivity contribution in [1.29, 1.82) is 0 Å². The molecule has 3 aromatic heterocycles. The van der Waals surface area contributed by atoms with Gasteiger partial charge in [-0.25, -0.2) is 9.78 Å². The number of rotatable bonds is 2. The first kappa shape index (κ1) is 14.7. The maximum Gasteiger partial charge on any atom is 0.332 e. The molecule has 3 heterocycles. The number of aromatic nitrogens is 3. The van der Waals surface area contributed by atoms with E-state index < -0.39 is 16.2 Å². The van der Waals surface area contributed by atoms with Crippen molar-refractivity contribution in [2.75, 3.05) is 0 Å². The summed E-state index contributed by atoms with van der Waals surface area (Å²) in [5.41, 5.74) is -1.34. The fourth-order valence-electron chi connectivity index (χ4n) is 2.58. The van der Waals surface area contributed by atoms with E-state index in [-0.39, 0.29) is 33.7 Å². The fourth-order valence-corrected chi connectivity index (χ4v) is 2.58. The molecule has 0 bridgehead atoms. The highest BCUT2D eigenvalue weighted by Gasteiger charge is 2.28. The summed E-state index contributed by atoms with van der Waals surface area (Å²) in [6, 6.07) is 3.08. The van der Waals surface area contributed by atoms with Crippen molar-refractivity contribution < 1.29 is 9.34 Å². The van der Waals surface area contributed by atoms with Crippen molar-refractivity contribution in [2.24, 2.45) is 14.1 Å². The monoisotopic (exact) mass is 316 g/mol. The Labute approximate surface area is 128 Å². The number of fused-ring (bicyclic) bond motifs is 1. The molecule has 9 nitrogen and oxygen atoms in total. The minimum absolute atomic E-state index is 0.0261. The molecular formula is C14H12N4O5. The highest BCUT2D eigenvalue weighted by molar-refractivity contribution is 5.96. The molecule has 0 N–H and O–H groups in total. The van der Waals surface area contributed by atoms with Crippen LogP contribution in [0, 0.1) is 17.0 Å². The second kappa shape index (κ2) is 4.90. The Morgan fingerprint density at radius 2 is 1.96 bits per heavy atom. The molecule has 3 aromatic rings. The van der Waals surface area contributed by atoms with Crippen LogP contribution in [-0.4, -0.2) is 19.0 Å². The van der Waals surface area contributed by atoms with Crippen LogP contribution in [0.15, 0.2) is 32.4 Å². The Morgan fingerprint density at radius 3 is 2.52 bits per heavy atom. The zero-order valence-electron chi connectivity index (χ0n) is 12.6. The van der Waals surface area contributed by atoms with Gasteiger partial charge >= 0.3 is 11.4 Å². The normalized spacial score (nSPS) is 11.1. The topological polar surface area (TPSA) is 113 Å². The Morgan fingerprint density at radius 1 is 1.26 bits per heavy atom. The Hall–Kier alpha value is -3.23. The van der Waals surface area contributed by atoms with Gasteiger partial charge < -0.3 is 4.42 Å². The number of aryl methyl sites for hydroxylation is 2. The maximum absolute atomic E-state index is 12.5. The quantitative estimate of drug-likeness (QED) is 0.517. The van der Waals surface area contributed by atoms with Gasteiger partial charge in [0, 0.05) is 14.1 Å². The highest BCUT2D eigenvalue weighted by Crippen LogP contribution is 2.36. The lowest BCUT2D eigenvalue weighted by Gasteiger charge is -2.11. The summed E-state index contributed by atoms with van der Waals surface area (Å²) in [4.78, 5) is 39.6. The van der Waals surface area contributed by atoms with Crippen molar-refractivity contribution in [3.05, 3.63) is 55.0 Å². The Bertz CT molecular complexity index is 1060. The van der Waals surface area contributed by atoms with Gasteiger partial charge in [-0.1, -0.05) is 0 Å². The number of hydrogen-bond acceptors (Lipinski definition) is 6. The Kier molecular flexibility index (Phi) is 3.13. The van der Waals surface area contributed by atoms with Crippen LogP contribution in [0.2, 0.25) is 0 Å². The summed E-state index contributed by atoms with van der Waals surface area (Å²) in [6.45, 7) is 1.45. The van der Waals surface area contributed by atoms with E-state index in [0.29, 0.717) is 0 Å². The molecule has 0 aliphatic heterocycles. The maximum atomic E-state index is 12.5. The van der Waals surface area contributed by atoms with E-state index in [9.17, 15) is 19.7 Å². The first-order valence-electron chi connectivity index (χ1n) is 6.63. The molecule has 118 valence electrons. The van der Waals surface area contributed by atoms with Gasteiger partial charge in [0.25, 0.3) is 5.56 Å². The molecule has 0 aliphatic carbocycles. The molecule has 0 aromatic carbocycles. The first-order chi connectivity index (χ1) is 10.8. The lowest BCUT2D eigenvalue weighted by atomic mass is 10.1. The average molecular weight is 316 g/mol. The molecule has 0 saturated carbocycles. The molecule has 0 fully saturated rings. The van der Waals surface area contributed by atoms with Crippen molar-refractivity contribution in [3.63, 3.8) is 0 Å². The van der Waals surface area contributed by atoms with E-state index >= 15 is 0 Å². The van der Waals surface area contributed by atoms with E-state index in [1.165, 1.54) is 37.9 Å². The molecule has 0 radical (unpaired) electrons. The second-order valence-electron chi connectivity index (χ2n) is 5.06. The average Bonchev–Trinajstić information content (AvgIpc) is 3.03. The van der Waals surface area contributed by atoms with E-state index in [1.807, 2.05) is 0 Å². The summed E-state index contributed by atoms with van der Waals surface area (Å²) in [5.74, 6) is 0.169. The van der Waals surface area contributed by atoms with Crippen molar-refractivity contribution in [3.8, 4) is 11.3 Å². The van der Waals surface area contributed by atoms with Gasteiger partial charge in [-0.15, -0.1) is 0 Å².